The zero-order chi connectivity index (χ0) is 14.2. The predicted octanol–water partition coefficient (Wildman–Crippen LogP) is 2.52. The van der Waals surface area contributed by atoms with Crippen LogP contribution in [0.15, 0.2) is 24.3 Å². The Morgan fingerprint density at radius 2 is 2.15 bits per heavy atom. The van der Waals surface area contributed by atoms with E-state index in [1.807, 2.05) is 23.5 Å². The van der Waals surface area contributed by atoms with Gasteiger partial charge < -0.3 is 15.2 Å². The summed E-state index contributed by atoms with van der Waals surface area (Å²) in [6.07, 6.45) is -0.494. The van der Waals surface area contributed by atoms with E-state index in [1.54, 1.807) is 24.3 Å². The second kappa shape index (κ2) is 9.05. The van der Waals surface area contributed by atoms with E-state index >= 15 is 0 Å². The smallest absolute Gasteiger partial charge is 0.119 e. The minimum Gasteiger partial charge on any atom is -0.491 e. The molecule has 6 heteroatoms. The highest BCUT2D eigenvalue weighted by atomic mass is 35.5. The molecule has 1 heterocycles. The maximum Gasteiger partial charge on any atom is 0.119 e. The van der Waals surface area contributed by atoms with Gasteiger partial charge in [0.2, 0.25) is 0 Å². The standard InChI is InChI=1S/C14H20ClNO2S2/c15-11-1-3-13(4-2-11)18-9-12(17)7-16-8-14-10-19-5-6-20-14/h1-4,12,14,16-17H,5-10H2. The maximum absolute atomic E-state index is 9.87. The Kier molecular flexibility index (Phi) is 7.38. The molecule has 1 aliphatic rings. The van der Waals surface area contributed by atoms with E-state index in [0.29, 0.717) is 23.4 Å². The zero-order valence-corrected chi connectivity index (χ0v) is 13.6. The lowest BCUT2D eigenvalue weighted by atomic mass is 10.3. The van der Waals surface area contributed by atoms with Gasteiger partial charge in [-0.15, -0.1) is 0 Å². The van der Waals surface area contributed by atoms with Crippen molar-refractivity contribution in [1.29, 1.82) is 0 Å². The lowest BCUT2D eigenvalue weighted by molar-refractivity contribution is 0.107. The first-order valence-electron chi connectivity index (χ1n) is 6.70. The number of thioether (sulfide) groups is 2. The third-order valence-corrected chi connectivity index (χ3v) is 5.99. The fraction of sp³-hybridized carbons (Fsp3) is 0.571. The highest BCUT2D eigenvalue weighted by Gasteiger charge is 2.14. The van der Waals surface area contributed by atoms with Crippen molar-refractivity contribution in [3.05, 3.63) is 29.3 Å². The second-order valence-electron chi connectivity index (χ2n) is 4.64. The van der Waals surface area contributed by atoms with Gasteiger partial charge in [0.25, 0.3) is 0 Å². The Morgan fingerprint density at radius 3 is 2.85 bits per heavy atom. The molecule has 112 valence electrons. The number of ether oxygens (including phenoxy) is 1. The van der Waals surface area contributed by atoms with Gasteiger partial charge in [0.05, 0.1) is 0 Å². The lowest BCUT2D eigenvalue weighted by Gasteiger charge is -2.22. The molecule has 1 aromatic carbocycles. The predicted molar refractivity (Wildman–Crippen MR) is 89.4 cm³/mol. The number of hydrogen-bond acceptors (Lipinski definition) is 5. The van der Waals surface area contributed by atoms with Crippen LogP contribution >= 0.6 is 35.1 Å². The van der Waals surface area contributed by atoms with Crippen LogP contribution in [0.1, 0.15) is 0 Å². The third kappa shape index (κ3) is 6.14. The van der Waals surface area contributed by atoms with E-state index in [2.05, 4.69) is 5.32 Å². The first-order chi connectivity index (χ1) is 9.74. The topological polar surface area (TPSA) is 41.5 Å². The number of rotatable bonds is 7. The minimum atomic E-state index is -0.494. The number of benzene rings is 1. The molecule has 0 radical (unpaired) electrons. The summed E-state index contributed by atoms with van der Waals surface area (Å²) in [6, 6.07) is 7.16. The van der Waals surface area contributed by atoms with Crippen LogP contribution in [0.4, 0.5) is 0 Å². The molecule has 1 fully saturated rings. The Labute approximate surface area is 133 Å². The van der Waals surface area contributed by atoms with Crippen molar-refractivity contribution in [2.45, 2.75) is 11.4 Å². The molecule has 2 N–H and O–H groups in total. The second-order valence-corrected chi connectivity index (χ2v) is 7.64. The van der Waals surface area contributed by atoms with Crippen molar-refractivity contribution >= 4 is 35.1 Å². The average Bonchev–Trinajstić information content (AvgIpc) is 2.48. The summed E-state index contributed by atoms with van der Waals surface area (Å²) >= 11 is 9.83. The van der Waals surface area contributed by atoms with Crippen LogP contribution in [-0.4, -0.2) is 53.4 Å². The Hall–Kier alpha value is -0.0700. The molecule has 2 rings (SSSR count). The summed E-state index contributed by atoms with van der Waals surface area (Å²) in [4.78, 5) is 0. The monoisotopic (exact) mass is 333 g/mol. The SMILES string of the molecule is OC(CNCC1CSCCS1)COc1ccc(Cl)cc1. The summed E-state index contributed by atoms with van der Waals surface area (Å²) in [5.74, 6) is 4.43. The Morgan fingerprint density at radius 1 is 1.35 bits per heavy atom. The molecule has 0 aliphatic carbocycles. The van der Waals surface area contributed by atoms with E-state index in [1.165, 1.54) is 17.3 Å². The Balaban J connectivity index is 1.57. The van der Waals surface area contributed by atoms with Crippen molar-refractivity contribution in [3.63, 3.8) is 0 Å². The molecule has 1 aliphatic heterocycles. The van der Waals surface area contributed by atoms with Crippen molar-refractivity contribution < 1.29 is 9.84 Å². The van der Waals surface area contributed by atoms with Crippen LogP contribution in [0.3, 0.4) is 0 Å². The Bertz CT molecular complexity index is 385. The number of hydrogen-bond donors (Lipinski definition) is 2. The number of aliphatic hydroxyl groups excluding tert-OH is 1. The van der Waals surface area contributed by atoms with Crippen molar-refractivity contribution in [2.24, 2.45) is 0 Å². The molecule has 3 nitrogen and oxygen atoms in total. The molecule has 0 spiro atoms. The van der Waals surface area contributed by atoms with Gasteiger partial charge in [0.15, 0.2) is 0 Å². The van der Waals surface area contributed by atoms with Crippen LogP contribution in [0, 0.1) is 0 Å². The normalized spacial score (nSPS) is 20.6. The van der Waals surface area contributed by atoms with Gasteiger partial charge >= 0.3 is 0 Å². The molecule has 1 aromatic rings. The molecule has 0 aromatic heterocycles. The summed E-state index contributed by atoms with van der Waals surface area (Å²) < 4.78 is 5.51. The van der Waals surface area contributed by atoms with Gasteiger partial charge in [-0.3, -0.25) is 0 Å². The van der Waals surface area contributed by atoms with E-state index < -0.39 is 6.10 Å². The highest BCUT2D eigenvalue weighted by Crippen LogP contribution is 2.23. The van der Waals surface area contributed by atoms with E-state index in [0.717, 1.165) is 12.3 Å². The summed E-state index contributed by atoms with van der Waals surface area (Å²) in [6.45, 7) is 1.81. The summed E-state index contributed by atoms with van der Waals surface area (Å²) in [7, 11) is 0. The van der Waals surface area contributed by atoms with Gasteiger partial charge in [-0.1, -0.05) is 11.6 Å². The van der Waals surface area contributed by atoms with E-state index in [4.69, 9.17) is 16.3 Å². The quantitative estimate of drug-likeness (QED) is 0.802. The number of nitrogens with one attached hydrogen (secondary N) is 1. The van der Waals surface area contributed by atoms with Crippen molar-refractivity contribution in [1.82, 2.24) is 5.32 Å². The molecule has 0 saturated carbocycles. The lowest BCUT2D eigenvalue weighted by Crippen LogP contribution is -2.36. The largest absolute Gasteiger partial charge is 0.491 e. The van der Waals surface area contributed by atoms with Crippen LogP contribution in [0.25, 0.3) is 0 Å². The first-order valence-corrected chi connectivity index (χ1v) is 9.28. The maximum atomic E-state index is 9.87. The van der Waals surface area contributed by atoms with Crippen molar-refractivity contribution in [2.75, 3.05) is 37.0 Å². The fourth-order valence-corrected chi connectivity index (χ4v) is 4.62. The molecule has 0 amide bonds. The van der Waals surface area contributed by atoms with Gasteiger partial charge in [-0.05, 0) is 24.3 Å². The van der Waals surface area contributed by atoms with Crippen molar-refractivity contribution in [3.8, 4) is 5.75 Å². The molecule has 20 heavy (non-hydrogen) atoms. The molecule has 2 unspecified atom stereocenters. The van der Waals surface area contributed by atoms with Gasteiger partial charge in [0.1, 0.15) is 18.5 Å². The summed E-state index contributed by atoms with van der Waals surface area (Å²) in [5.41, 5.74) is 0. The first kappa shape index (κ1) is 16.3. The third-order valence-electron chi connectivity index (χ3n) is 2.89. The molecular formula is C14H20ClNO2S2. The minimum absolute atomic E-state index is 0.293. The van der Waals surface area contributed by atoms with Crippen LogP contribution in [0.5, 0.6) is 5.75 Å². The van der Waals surface area contributed by atoms with Gasteiger partial charge in [0, 0.05) is 40.6 Å². The molecule has 2 atom stereocenters. The van der Waals surface area contributed by atoms with Crippen LogP contribution in [-0.2, 0) is 0 Å². The van der Waals surface area contributed by atoms with E-state index in [9.17, 15) is 5.11 Å². The molecule has 1 saturated heterocycles. The molecular weight excluding hydrogens is 314 g/mol. The highest BCUT2D eigenvalue weighted by molar-refractivity contribution is 8.06. The average molecular weight is 334 g/mol. The van der Waals surface area contributed by atoms with Crippen LogP contribution in [0.2, 0.25) is 5.02 Å². The van der Waals surface area contributed by atoms with E-state index in [-0.39, 0.29) is 0 Å². The summed E-state index contributed by atoms with van der Waals surface area (Å²) in [5, 5.41) is 14.5. The number of halogens is 1. The zero-order valence-electron chi connectivity index (χ0n) is 11.3. The fourth-order valence-electron chi connectivity index (χ4n) is 1.85. The van der Waals surface area contributed by atoms with Gasteiger partial charge in [-0.2, -0.15) is 23.5 Å². The van der Waals surface area contributed by atoms with Crippen LogP contribution < -0.4 is 10.1 Å². The number of aliphatic hydroxyl groups is 1. The van der Waals surface area contributed by atoms with Gasteiger partial charge in [-0.25, -0.2) is 0 Å². The molecule has 0 bridgehead atoms.